The zero-order chi connectivity index (χ0) is 26.0. The first-order chi connectivity index (χ1) is 16.3. The van der Waals surface area contributed by atoms with Crippen LogP contribution in [0.3, 0.4) is 0 Å². The molecule has 2 N–H and O–H groups in total. The minimum atomic E-state index is -2.14. The van der Waals surface area contributed by atoms with Gasteiger partial charge in [-0.05, 0) is 57.3 Å². The molecular weight excluding hydrogens is 460 g/mol. The number of hydrogen-bond donors (Lipinski definition) is 2. The summed E-state index contributed by atoms with van der Waals surface area (Å²) in [5.41, 5.74) is 0.0201. The highest BCUT2D eigenvalue weighted by Crippen LogP contribution is 2.41. The predicted octanol–water partition coefficient (Wildman–Crippen LogP) is 4.44. The van der Waals surface area contributed by atoms with E-state index in [1.807, 2.05) is 37.3 Å². The zero-order valence-electron chi connectivity index (χ0n) is 22.4. The third-order valence-corrected chi connectivity index (χ3v) is 12.5. The van der Waals surface area contributed by atoms with Crippen molar-refractivity contribution in [2.45, 2.75) is 109 Å². The molecule has 9 heteroatoms. The molecule has 35 heavy (non-hydrogen) atoms. The lowest BCUT2D eigenvalue weighted by atomic mass is 9.88. The van der Waals surface area contributed by atoms with Crippen molar-refractivity contribution in [3.05, 3.63) is 48.2 Å². The van der Waals surface area contributed by atoms with Crippen LogP contribution in [0.4, 0.5) is 0 Å². The Kier molecular flexibility index (Phi) is 8.25. The van der Waals surface area contributed by atoms with Crippen LogP contribution in [0.1, 0.15) is 71.9 Å². The fourth-order valence-electron chi connectivity index (χ4n) is 4.75. The Labute approximate surface area is 210 Å². The maximum absolute atomic E-state index is 14.1. The van der Waals surface area contributed by atoms with Gasteiger partial charge in [-0.3, -0.25) is 9.69 Å². The number of carbonyl (C=O) groups is 1. The molecule has 1 aliphatic heterocycles. The maximum atomic E-state index is 14.1. The van der Waals surface area contributed by atoms with Gasteiger partial charge in [0.05, 0.1) is 12.2 Å². The minimum Gasteiger partial charge on any atom is -0.426 e. The number of nitrogens with one attached hydrogen (secondary N) is 1. The summed E-state index contributed by atoms with van der Waals surface area (Å²) in [6, 6.07) is 9.56. The van der Waals surface area contributed by atoms with Gasteiger partial charge >= 0.3 is 0 Å². The molecule has 5 atom stereocenters. The summed E-state index contributed by atoms with van der Waals surface area (Å²) in [5.74, 6) is 0.0487. The van der Waals surface area contributed by atoms with Gasteiger partial charge in [-0.15, -0.1) is 10.2 Å². The fraction of sp³-hybridized carbons (Fsp3) is 0.654. The predicted molar refractivity (Wildman–Crippen MR) is 138 cm³/mol. The lowest BCUT2D eigenvalue weighted by Gasteiger charge is -2.43. The topological polar surface area (TPSA) is 101 Å². The van der Waals surface area contributed by atoms with Gasteiger partial charge in [0, 0.05) is 12.6 Å². The second-order valence-electron chi connectivity index (χ2n) is 11.4. The van der Waals surface area contributed by atoms with E-state index >= 15 is 0 Å². The fourth-order valence-corrected chi connectivity index (χ4v) is 6.17. The Morgan fingerprint density at radius 1 is 1.31 bits per heavy atom. The molecule has 0 radical (unpaired) electrons. The van der Waals surface area contributed by atoms with E-state index in [9.17, 15) is 9.90 Å². The van der Waals surface area contributed by atoms with Gasteiger partial charge in [0.15, 0.2) is 8.32 Å². The summed E-state index contributed by atoms with van der Waals surface area (Å²) in [7, 11) is -2.14. The molecule has 3 rings (SSSR count). The van der Waals surface area contributed by atoms with Crippen LogP contribution in [-0.2, 0) is 15.8 Å². The van der Waals surface area contributed by atoms with E-state index in [1.165, 1.54) is 6.39 Å². The highest BCUT2D eigenvalue weighted by Gasteiger charge is 2.54. The normalized spacial score (nSPS) is 24.2. The number of benzene rings is 1. The number of rotatable bonds is 9. The standard InChI is InChI=1S/C26H42N4O4Si/c1-18-14-15-26(20(3)31,30(18)16-21-12-10-9-11-13-21)24(32)28-22(23-29-27-17-33-23)19(2)34-35(7,8)25(4,5)6/h9-13,17-20,22,31H,14-16H2,1-8H3,(H,28,32). The van der Waals surface area contributed by atoms with E-state index < -0.39 is 32.1 Å². The number of aliphatic hydroxyl groups excluding tert-OH is 1. The van der Waals surface area contributed by atoms with E-state index in [1.54, 1.807) is 6.92 Å². The van der Waals surface area contributed by atoms with Crippen molar-refractivity contribution in [1.82, 2.24) is 20.4 Å². The summed E-state index contributed by atoms with van der Waals surface area (Å²) in [5, 5.41) is 22.1. The summed E-state index contributed by atoms with van der Waals surface area (Å²) >= 11 is 0. The van der Waals surface area contributed by atoms with Gasteiger partial charge < -0.3 is 19.3 Å². The van der Waals surface area contributed by atoms with E-state index in [4.69, 9.17) is 8.84 Å². The van der Waals surface area contributed by atoms with Crippen molar-refractivity contribution in [3.63, 3.8) is 0 Å². The van der Waals surface area contributed by atoms with Crippen molar-refractivity contribution in [3.8, 4) is 0 Å². The molecule has 1 aliphatic rings. The van der Waals surface area contributed by atoms with Gasteiger partial charge in [0.1, 0.15) is 11.6 Å². The van der Waals surface area contributed by atoms with E-state index in [-0.39, 0.29) is 17.0 Å². The SMILES string of the molecule is CC(O[Si](C)(C)C(C)(C)C)C(NC(=O)C1(C(C)O)CCC(C)N1Cc1ccccc1)c1nnco1. The lowest BCUT2D eigenvalue weighted by molar-refractivity contribution is -0.142. The number of nitrogens with zero attached hydrogens (tertiary/aromatic N) is 3. The third-order valence-electron chi connectivity index (χ3n) is 7.95. The Morgan fingerprint density at radius 2 is 1.97 bits per heavy atom. The highest BCUT2D eigenvalue weighted by atomic mass is 28.4. The van der Waals surface area contributed by atoms with Gasteiger partial charge in [-0.25, -0.2) is 0 Å². The van der Waals surface area contributed by atoms with Crippen LogP contribution >= 0.6 is 0 Å². The van der Waals surface area contributed by atoms with E-state index in [2.05, 4.69) is 61.2 Å². The van der Waals surface area contributed by atoms with Crippen molar-refractivity contribution in [2.24, 2.45) is 0 Å². The molecular formula is C26H42N4O4Si. The van der Waals surface area contributed by atoms with Crippen LogP contribution in [0, 0.1) is 0 Å². The molecule has 194 valence electrons. The number of amides is 1. The second kappa shape index (κ2) is 10.5. The molecule has 0 saturated carbocycles. The van der Waals surface area contributed by atoms with Crippen molar-refractivity contribution >= 4 is 14.2 Å². The summed E-state index contributed by atoms with van der Waals surface area (Å²) < 4.78 is 12.1. The van der Waals surface area contributed by atoms with Gasteiger partial charge in [0.25, 0.3) is 0 Å². The summed E-state index contributed by atoms with van der Waals surface area (Å²) in [6.07, 6.45) is 1.35. The summed E-state index contributed by atoms with van der Waals surface area (Å²) in [4.78, 5) is 16.2. The number of hydrogen-bond acceptors (Lipinski definition) is 7. The number of aromatic nitrogens is 2. The third kappa shape index (κ3) is 5.68. The number of likely N-dealkylation sites (tertiary alicyclic amines) is 1. The van der Waals surface area contributed by atoms with E-state index in [0.29, 0.717) is 18.9 Å². The first kappa shape index (κ1) is 27.5. The van der Waals surface area contributed by atoms with Crippen LogP contribution in [0.25, 0.3) is 0 Å². The maximum Gasteiger partial charge on any atom is 0.243 e. The quantitative estimate of drug-likeness (QED) is 0.489. The van der Waals surface area contributed by atoms with Gasteiger partial charge in [-0.2, -0.15) is 0 Å². The van der Waals surface area contributed by atoms with Crippen LogP contribution in [-0.4, -0.2) is 58.2 Å². The van der Waals surface area contributed by atoms with Crippen LogP contribution in [0.5, 0.6) is 0 Å². The first-order valence-corrected chi connectivity index (χ1v) is 15.4. The number of aliphatic hydroxyl groups is 1. The molecule has 0 bridgehead atoms. The Bertz CT molecular complexity index is 961. The van der Waals surface area contributed by atoms with Gasteiger partial charge in [-0.1, -0.05) is 51.1 Å². The lowest BCUT2D eigenvalue weighted by Crippen LogP contribution is -2.63. The van der Waals surface area contributed by atoms with Gasteiger partial charge in [0.2, 0.25) is 18.2 Å². The largest absolute Gasteiger partial charge is 0.426 e. The molecule has 1 saturated heterocycles. The Balaban J connectivity index is 1.92. The molecule has 1 aromatic heterocycles. The van der Waals surface area contributed by atoms with Crippen molar-refractivity contribution < 1.29 is 18.7 Å². The molecule has 1 aromatic carbocycles. The minimum absolute atomic E-state index is 0.00113. The first-order valence-electron chi connectivity index (χ1n) is 12.5. The Morgan fingerprint density at radius 3 is 2.51 bits per heavy atom. The molecule has 2 aromatic rings. The average molecular weight is 503 g/mol. The molecule has 2 heterocycles. The summed E-state index contributed by atoms with van der Waals surface area (Å²) in [6.45, 7) is 17.2. The smallest absolute Gasteiger partial charge is 0.243 e. The molecule has 5 unspecified atom stereocenters. The van der Waals surface area contributed by atoms with Crippen LogP contribution in [0.2, 0.25) is 18.1 Å². The van der Waals surface area contributed by atoms with E-state index in [0.717, 1.165) is 12.0 Å². The molecule has 0 spiro atoms. The second-order valence-corrected chi connectivity index (χ2v) is 16.2. The van der Waals surface area contributed by atoms with Crippen molar-refractivity contribution in [1.29, 1.82) is 0 Å². The van der Waals surface area contributed by atoms with Crippen LogP contribution < -0.4 is 5.32 Å². The number of carbonyl (C=O) groups excluding carboxylic acids is 1. The highest BCUT2D eigenvalue weighted by molar-refractivity contribution is 6.74. The molecule has 8 nitrogen and oxygen atoms in total. The van der Waals surface area contributed by atoms with Crippen LogP contribution in [0.15, 0.2) is 41.1 Å². The molecule has 1 fully saturated rings. The van der Waals surface area contributed by atoms with Crippen molar-refractivity contribution in [2.75, 3.05) is 0 Å². The average Bonchev–Trinajstić information content (AvgIpc) is 3.41. The molecule has 1 amide bonds. The molecule has 0 aliphatic carbocycles. The zero-order valence-corrected chi connectivity index (χ0v) is 23.4. The monoisotopic (exact) mass is 502 g/mol. The Hall–Kier alpha value is -2.07.